The number of para-hydroxylation sites is 1. The van der Waals surface area contributed by atoms with Gasteiger partial charge in [0.1, 0.15) is 11.5 Å². The van der Waals surface area contributed by atoms with Crippen molar-refractivity contribution in [2.75, 3.05) is 10.7 Å². The van der Waals surface area contributed by atoms with Gasteiger partial charge >= 0.3 is 0 Å². The van der Waals surface area contributed by atoms with E-state index in [4.69, 9.17) is 10.6 Å². The average molecular weight is 346 g/mol. The number of carbonyl (C=O) groups excluding carboxylic acids is 1. The zero-order valence-electron chi connectivity index (χ0n) is 14.0. The van der Waals surface area contributed by atoms with Crippen molar-refractivity contribution in [3.8, 4) is 11.5 Å². The highest BCUT2D eigenvalue weighted by atomic mass is 16.5. The quantitative estimate of drug-likeness (QED) is 0.352. The van der Waals surface area contributed by atoms with Crippen LogP contribution in [0.15, 0.2) is 77.8 Å². The Morgan fingerprint density at radius 2 is 1.65 bits per heavy atom. The number of rotatable bonds is 6. The Morgan fingerprint density at radius 3 is 2.31 bits per heavy atom. The molecule has 6 heteroatoms. The molecule has 130 valence electrons. The topological polar surface area (TPSA) is 88.7 Å². The van der Waals surface area contributed by atoms with Gasteiger partial charge in [0.15, 0.2) is 0 Å². The molecule has 0 aliphatic carbocycles. The molecule has 0 aromatic heterocycles. The first kappa shape index (κ1) is 17.2. The van der Waals surface area contributed by atoms with Crippen LogP contribution in [-0.4, -0.2) is 12.6 Å². The largest absolute Gasteiger partial charge is 0.457 e. The number of anilines is 2. The maximum absolute atomic E-state index is 12.4. The van der Waals surface area contributed by atoms with Gasteiger partial charge in [-0.3, -0.25) is 15.6 Å². The number of amides is 1. The van der Waals surface area contributed by atoms with Crippen molar-refractivity contribution in [3.05, 3.63) is 78.4 Å². The van der Waals surface area contributed by atoms with Gasteiger partial charge in [-0.15, -0.1) is 0 Å². The second-order valence-corrected chi connectivity index (χ2v) is 5.43. The van der Waals surface area contributed by atoms with Gasteiger partial charge in [-0.1, -0.05) is 18.2 Å². The summed E-state index contributed by atoms with van der Waals surface area (Å²) in [7, 11) is 0. The molecule has 0 spiro atoms. The van der Waals surface area contributed by atoms with Gasteiger partial charge in [0, 0.05) is 11.3 Å². The third-order valence-electron chi connectivity index (χ3n) is 3.68. The molecule has 0 heterocycles. The highest BCUT2D eigenvalue weighted by Crippen LogP contribution is 2.26. The maximum Gasteiger partial charge on any atom is 0.255 e. The molecule has 0 aliphatic heterocycles. The van der Waals surface area contributed by atoms with Crippen molar-refractivity contribution in [3.63, 3.8) is 0 Å². The Labute approximate surface area is 151 Å². The van der Waals surface area contributed by atoms with Crippen molar-refractivity contribution in [2.45, 2.75) is 0 Å². The first-order valence-electron chi connectivity index (χ1n) is 7.91. The zero-order valence-corrected chi connectivity index (χ0v) is 14.0. The van der Waals surface area contributed by atoms with Crippen LogP contribution in [0.4, 0.5) is 17.1 Å². The third-order valence-corrected chi connectivity index (χ3v) is 3.68. The minimum atomic E-state index is -0.254. The Balaban J connectivity index is 1.69. The lowest BCUT2D eigenvalue weighted by atomic mass is 10.1. The van der Waals surface area contributed by atoms with E-state index in [1.807, 2.05) is 30.3 Å². The number of nitrogen functional groups attached to an aromatic ring is 1. The van der Waals surface area contributed by atoms with Crippen LogP contribution in [-0.2, 0) is 0 Å². The summed E-state index contributed by atoms with van der Waals surface area (Å²) in [4.78, 5) is 16.3. The molecule has 0 unspecified atom stereocenters. The summed E-state index contributed by atoms with van der Waals surface area (Å²) >= 11 is 0. The predicted octanol–water partition coefficient (Wildman–Crippen LogP) is 4.35. The van der Waals surface area contributed by atoms with E-state index in [1.54, 1.807) is 42.5 Å². The van der Waals surface area contributed by atoms with Gasteiger partial charge in [-0.25, -0.2) is 0 Å². The smallest absolute Gasteiger partial charge is 0.255 e. The maximum atomic E-state index is 12.4. The molecule has 3 rings (SSSR count). The molecule has 0 fully saturated rings. The molecular formula is C20H18N4O2. The van der Waals surface area contributed by atoms with Gasteiger partial charge in [-0.2, -0.15) is 0 Å². The summed E-state index contributed by atoms with van der Waals surface area (Å²) in [6.45, 7) is 3.48. The van der Waals surface area contributed by atoms with Gasteiger partial charge in [0.25, 0.3) is 5.91 Å². The molecule has 6 nitrogen and oxygen atoms in total. The molecular weight excluding hydrogens is 328 g/mol. The van der Waals surface area contributed by atoms with Crippen LogP contribution in [0.1, 0.15) is 10.4 Å². The molecule has 0 atom stereocenters. The molecule has 3 aromatic carbocycles. The fourth-order valence-electron chi connectivity index (χ4n) is 2.36. The number of benzene rings is 3. The van der Waals surface area contributed by atoms with E-state index in [9.17, 15) is 4.79 Å². The zero-order chi connectivity index (χ0) is 18.4. The minimum absolute atomic E-state index is 0.254. The number of hydrazine groups is 1. The summed E-state index contributed by atoms with van der Waals surface area (Å²) in [5.74, 6) is 6.58. The first-order valence-corrected chi connectivity index (χ1v) is 7.91. The van der Waals surface area contributed by atoms with E-state index in [0.717, 1.165) is 5.75 Å². The van der Waals surface area contributed by atoms with Crippen LogP contribution in [0.25, 0.3) is 0 Å². The van der Waals surface area contributed by atoms with Crippen molar-refractivity contribution in [2.24, 2.45) is 10.8 Å². The SMILES string of the molecule is C=Nc1cc(C(=O)Nc2ccc(Oc3ccccc3)cc2)ccc1NN. The molecule has 26 heavy (non-hydrogen) atoms. The summed E-state index contributed by atoms with van der Waals surface area (Å²) < 4.78 is 5.73. The van der Waals surface area contributed by atoms with E-state index < -0.39 is 0 Å². The van der Waals surface area contributed by atoms with E-state index in [1.165, 1.54) is 0 Å². The first-order chi connectivity index (χ1) is 12.7. The van der Waals surface area contributed by atoms with Gasteiger partial charge < -0.3 is 15.5 Å². The molecule has 0 bridgehead atoms. The summed E-state index contributed by atoms with van der Waals surface area (Å²) in [6.07, 6.45) is 0. The highest BCUT2D eigenvalue weighted by Gasteiger charge is 2.09. The van der Waals surface area contributed by atoms with Crippen LogP contribution >= 0.6 is 0 Å². The average Bonchev–Trinajstić information content (AvgIpc) is 2.69. The second-order valence-electron chi connectivity index (χ2n) is 5.43. The fourth-order valence-corrected chi connectivity index (χ4v) is 2.36. The van der Waals surface area contributed by atoms with Crippen molar-refractivity contribution in [1.82, 2.24) is 0 Å². The molecule has 0 aliphatic rings. The number of hydrogen-bond acceptors (Lipinski definition) is 5. The van der Waals surface area contributed by atoms with Gasteiger partial charge in [0.05, 0.1) is 11.4 Å². The van der Waals surface area contributed by atoms with E-state index in [0.29, 0.717) is 28.4 Å². The third kappa shape index (κ3) is 4.06. The minimum Gasteiger partial charge on any atom is -0.457 e. The number of hydrogen-bond donors (Lipinski definition) is 3. The van der Waals surface area contributed by atoms with Crippen molar-refractivity contribution >= 4 is 29.7 Å². The van der Waals surface area contributed by atoms with Crippen molar-refractivity contribution in [1.29, 1.82) is 0 Å². The Morgan fingerprint density at radius 1 is 0.962 bits per heavy atom. The monoisotopic (exact) mass is 346 g/mol. The lowest BCUT2D eigenvalue weighted by Crippen LogP contribution is -2.12. The fraction of sp³-hybridized carbons (Fsp3) is 0. The lowest BCUT2D eigenvalue weighted by Gasteiger charge is -2.10. The number of aliphatic imine (C=N–C) groups is 1. The number of nitrogens with zero attached hydrogens (tertiary/aromatic N) is 1. The molecule has 4 N–H and O–H groups in total. The van der Waals surface area contributed by atoms with E-state index in [2.05, 4.69) is 22.5 Å². The Kier molecular flexibility index (Phi) is 5.26. The summed E-state index contributed by atoms with van der Waals surface area (Å²) in [5, 5.41) is 2.83. The summed E-state index contributed by atoms with van der Waals surface area (Å²) in [5.41, 5.74) is 4.72. The van der Waals surface area contributed by atoms with Crippen LogP contribution in [0.2, 0.25) is 0 Å². The standard InChI is InChI=1S/C20H18N4O2/c1-22-19-13-14(7-12-18(19)24-21)20(25)23-15-8-10-17(11-9-15)26-16-5-3-2-4-6-16/h2-13,24H,1,21H2,(H,23,25). The van der Waals surface area contributed by atoms with Crippen molar-refractivity contribution < 1.29 is 9.53 Å². The number of nitrogens with two attached hydrogens (primary N) is 1. The Bertz CT molecular complexity index is 909. The molecule has 1 amide bonds. The molecule has 0 saturated heterocycles. The summed E-state index contributed by atoms with van der Waals surface area (Å²) in [6, 6.07) is 21.6. The lowest BCUT2D eigenvalue weighted by molar-refractivity contribution is 0.102. The number of nitrogens with one attached hydrogen (secondary N) is 2. The number of ether oxygens (including phenoxy) is 1. The molecule has 3 aromatic rings. The van der Waals surface area contributed by atoms with Crippen LogP contribution in [0, 0.1) is 0 Å². The second kappa shape index (κ2) is 7.96. The van der Waals surface area contributed by atoms with Gasteiger partial charge in [0.2, 0.25) is 0 Å². The normalized spacial score (nSPS) is 10.0. The molecule has 0 saturated carbocycles. The predicted molar refractivity (Wildman–Crippen MR) is 104 cm³/mol. The van der Waals surface area contributed by atoms with E-state index in [-0.39, 0.29) is 5.91 Å². The van der Waals surface area contributed by atoms with E-state index >= 15 is 0 Å². The van der Waals surface area contributed by atoms with Crippen LogP contribution < -0.4 is 21.3 Å². The van der Waals surface area contributed by atoms with Crippen LogP contribution in [0.3, 0.4) is 0 Å². The Hall–Kier alpha value is -3.64. The highest BCUT2D eigenvalue weighted by molar-refractivity contribution is 6.05. The van der Waals surface area contributed by atoms with Crippen LogP contribution in [0.5, 0.6) is 11.5 Å². The number of carbonyl (C=O) groups is 1. The van der Waals surface area contributed by atoms with Gasteiger partial charge in [-0.05, 0) is 61.3 Å². The molecule has 0 radical (unpaired) electrons.